The summed E-state index contributed by atoms with van der Waals surface area (Å²) in [4.78, 5) is 22.9. The Morgan fingerprint density at radius 1 is 0.935 bits per heavy atom. The number of nitro groups is 1. The Morgan fingerprint density at radius 2 is 1.61 bits per heavy atom. The number of nitro benzene ring substituents is 1. The maximum atomic E-state index is 12.5. The zero-order chi connectivity index (χ0) is 22.8. The Balaban J connectivity index is 1.80. The number of carbonyl (C=O) groups is 1. The van der Waals surface area contributed by atoms with E-state index in [1.807, 2.05) is 6.92 Å². The number of hydrogen-bond donors (Lipinski definition) is 2. The molecule has 8 nitrogen and oxygen atoms in total. The van der Waals surface area contributed by atoms with Crippen molar-refractivity contribution in [3.8, 4) is 0 Å². The summed E-state index contributed by atoms with van der Waals surface area (Å²) in [5.74, 6) is -0.628. The molecule has 0 spiro atoms. The van der Waals surface area contributed by atoms with Crippen LogP contribution >= 0.6 is 23.2 Å². The second-order valence-electron chi connectivity index (χ2n) is 6.49. The van der Waals surface area contributed by atoms with E-state index in [1.54, 1.807) is 12.1 Å². The van der Waals surface area contributed by atoms with Crippen LogP contribution in [0.25, 0.3) is 0 Å². The van der Waals surface area contributed by atoms with Crippen molar-refractivity contribution in [3.63, 3.8) is 0 Å². The van der Waals surface area contributed by atoms with Crippen LogP contribution in [0.4, 0.5) is 17.1 Å². The molecule has 3 aromatic rings. The first-order chi connectivity index (χ1) is 14.6. The molecule has 0 saturated carbocycles. The highest BCUT2D eigenvalue weighted by molar-refractivity contribution is 7.92. The zero-order valence-electron chi connectivity index (χ0n) is 15.9. The van der Waals surface area contributed by atoms with Crippen molar-refractivity contribution < 1.29 is 18.1 Å². The second-order valence-corrected chi connectivity index (χ2v) is 8.99. The SMILES string of the molecule is Cc1ccc(S(=O)(=O)Nc2ccc(C(=O)Nc3cc([N+](=O)[O-])ccc3Cl)cc2Cl)cc1. The maximum Gasteiger partial charge on any atom is 0.271 e. The van der Waals surface area contributed by atoms with E-state index in [0.29, 0.717) is 0 Å². The smallest absolute Gasteiger partial charge is 0.271 e. The Bertz CT molecular complexity index is 1280. The first-order valence-corrected chi connectivity index (χ1v) is 10.9. The molecule has 0 aliphatic heterocycles. The molecule has 3 rings (SSSR count). The molecule has 0 saturated heterocycles. The number of nitrogens with zero attached hydrogens (tertiary/aromatic N) is 1. The van der Waals surface area contributed by atoms with Crippen LogP contribution in [0.15, 0.2) is 65.6 Å². The lowest BCUT2D eigenvalue weighted by Crippen LogP contribution is -2.15. The van der Waals surface area contributed by atoms with Crippen LogP contribution < -0.4 is 10.0 Å². The van der Waals surface area contributed by atoms with Gasteiger partial charge in [0.1, 0.15) is 0 Å². The molecule has 0 aromatic heterocycles. The quantitative estimate of drug-likeness (QED) is 0.368. The first-order valence-electron chi connectivity index (χ1n) is 8.71. The average Bonchev–Trinajstić information content (AvgIpc) is 2.71. The van der Waals surface area contributed by atoms with Crippen LogP contribution in [-0.2, 0) is 10.0 Å². The van der Waals surface area contributed by atoms with Gasteiger partial charge in [0.05, 0.1) is 31.2 Å². The molecular formula is C20H15Cl2N3O5S. The van der Waals surface area contributed by atoms with Crippen molar-refractivity contribution >= 4 is 56.2 Å². The van der Waals surface area contributed by atoms with Gasteiger partial charge in [-0.15, -0.1) is 0 Å². The summed E-state index contributed by atoms with van der Waals surface area (Å²) in [7, 11) is -3.87. The van der Waals surface area contributed by atoms with Crippen molar-refractivity contribution in [1.29, 1.82) is 0 Å². The van der Waals surface area contributed by atoms with E-state index in [-0.39, 0.29) is 37.6 Å². The third-order valence-electron chi connectivity index (χ3n) is 4.22. The minimum absolute atomic E-state index is 0.00604. The van der Waals surface area contributed by atoms with Gasteiger partial charge in [-0.25, -0.2) is 8.42 Å². The number of carbonyl (C=O) groups excluding carboxylic acids is 1. The Kier molecular flexibility index (Phi) is 6.49. The highest BCUT2D eigenvalue weighted by Crippen LogP contribution is 2.29. The molecule has 0 aliphatic rings. The number of rotatable bonds is 6. The van der Waals surface area contributed by atoms with E-state index in [1.165, 1.54) is 42.5 Å². The largest absolute Gasteiger partial charge is 0.320 e. The zero-order valence-corrected chi connectivity index (χ0v) is 18.3. The summed E-state index contributed by atoms with van der Waals surface area (Å²) >= 11 is 12.2. The maximum absolute atomic E-state index is 12.5. The van der Waals surface area contributed by atoms with Gasteiger partial charge in [-0.2, -0.15) is 0 Å². The van der Waals surface area contributed by atoms with E-state index in [2.05, 4.69) is 10.0 Å². The molecule has 0 atom stereocenters. The first kappa shape index (κ1) is 22.5. The van der Waals surface area contributed by atoms with E-state index in [0.717, 1.165) is 11.6 Å². The fourth-order valence-corrected chi connectivity index (χ4v) is 4.11. The molecule has 2 N–H and O–H groups in total. The molecule has 0 aliphatic carbocycles. The lowest BCUT2D eigenvalue weighted by atomic mass is 10.2. The Labute approximate surface area is 188 Å². The fourth-order valence-electron chi connectivity index (χ4n) is 2.58. The number of non-ortho nitro benzene ring substituents is 1. The molecule has 0 unspecified atom stereocenters. The summed E-state index contributed by atoms with van der Waals surface area (Å²) < 4.78 is 27.4. The van der Waals surface area contributed by atoms with Crippen LogP contribution in [0.5, 0.6) is 0 Å². The Morgan fingerprint density at radius 3 is 2.23 bits per heavy atom. The number of aryl methyl sites for hydroxylation is 1. The highest BCUT2D eigenvalue weighted by Gasteiger charge is 2.18. The van der Waals surface area contributed by atoms with Gasteiger partial charge in [0.2, 0.25) is 0 Å². The lowest BCUT2D eigenvalue weighted by molar-refractivity contribution is -0.384. The standard InChI is InChI=1S/C20H15Cl2N3O5S/c1-12-2-6-15(7-3-12)31(29,30)24-18-9-4-13(10-17(18)22)20(26)23-19-11-14(25(27)28)5-8-16(19)21/h2-11,24H,1H3,(H,23,26). The lowest BCUT2D eigenvalue weighted by Gasteiger charge is -2.12. The van der Waals surface area contributed by atoms with Crippen molar-refractivity contribution in [1.82, 2.24) is 0 Å². The number of sulfonamides is 1. The molecule has 160 valence electrons. The van der Waals surface area contributed by atoms with Crippen LogP contribution in [0.3, 0.4) is 0 Å². The van der Waals surface area contributed by atoms with Gasteiger partial charge in [0.25, 0.3) is 21.6 Å². The molecule has 0 bridgehead atoms. The summed E-state index contributed by atoms with van der Waals surface area (Å²) in [5.41, 5.74) is 0.925. The minimum Gasteiger partial charge on any atom is -0.320 e. The average molecular weight is 480 g/mol. The number of hydrogen-bond acceptors (Lipinski definition) is 5. The van der Waals surface area contributed by atoms with Crippen molar-refractivity contribution in [2.75, 3.05) is 10.0 Å². The number of halogens is 2. The number of amides is 1. The highest BCUT2D eigenvalue weighted by atomic mass is 35.5. The monoisotopic (exact) mass is 479 g/mol. The van der Waals surface area contributed by atoms with Gasteiger partial charge < -0.3 is 5.32 Å². The van der Waals surface area contributed by atoms with Gasteiger partial charge in [-0.1, -0.05) is 40.9 Å². The summed E-state index contributed by atoms with van der Waals surface area (Å²) in [6, 6.07) is 13.9. The molecule has 3 aromatic carbocycles. The molecule has 0 radical (unpaired) electrons. The topological polar surface area (TPSA) is 118 Å². The minimum atomic E-state index is -3.87. The van der Waals surface area contributed by atoms with E-state index < -0.39 is 20.9 Å². The second kappa shape index (κ2) is 8.93. The molecule has 31 heavy (non-hydrogen) atoms. The molecule has 0 heterocycles. The summed E-state index contributed by atoms with van der Waals surface area (Å²) in [6.45, 7) is 1.84. The third-order valence-corrected chi connectivity index (χ3v) is 6.24. The van der Waals surface area contributed by atoms with Gasteiger partial charge in [-0.3, -0.25) is 19.6 Å². The molecule has 0 fully saturated rings. The van der Waals surface area contributed by atoms with E-state index in [4.69, 9.17) is 23.2 Å². The predicted molar refractivity (Wildman–Crippen MR) is 119 cm³/mol. The molecule has 11 heteroatoms. The van der Waals surface area contributed by atoms with Gasteiger partial charge in [0, 0.05) is 17.7 Å². The van der Waals surface area contributed by atoms with Crippen LogP contribution in [0.1, 0.15) is 15.9 Å². The third kappa shape index (κ3) is 5.32. The molecular weight excluding hydrogens is 465 g/mol. The van der Waals surface area contributed by atoms with Crippen LogP contribution in [-0.4, -0.2) is 19.2 Å². The van der Waals surface area contributed by atoms with E-state index >= 15 is 0 Å². The van der Waals surface area contributed by atoms with Crippen molar-refractivity contribution in [2.45, 2.75) is 11.8 Å². The van der Waals surface area contributed by atoms with Gasteiger partial charge in [0.15, 0.2) is 0 Å². The number of benzene rings is 3. The van der Waals surface area contributed by atoms with Crippen molar-refractivity contribution in [2.24, 2.45) is 0 Å². The fraction of sp³-hybridized carbons (Fsp3) is 0.0500. The number of nitrogens with one attached hydrogen (secondary N) is 2. The summed E-state index contributed by atoms with van der Waals surface area (Å²) in [6.07, 6.45) is 0. The molecule has 1 amide bonds. The number of anilines is 2. The van der Waals surface area contributed by atoms with Crippen LogP contribution in [0.2, 0.25) is 10.0 Å². The van der Waals surface area contributed by atoms with Crippen molar-refractivity contribution in [3.05, 3.63) is 92.0 Å². The van der Waals surface area contributed by atoms with Gasteiger partial charge >= 0.3 is 0 Å². The Hall–Kier alpha value is -3.14. The van der Waals surface area contributed by atoms with E-state index in [9.17, 15) is 23.3 Å². The normalized spacial score (nSPS) is 11.1. The predicted octanol–water partition coefficient (Wildman–Crippen LogP) is 5.26. The summed E-state index contributed by atoms with van der Waals surface area (Å²) in [5, 5.41) is 13.5. The van der Waals surface area contributed by atoms with Gasteiger partial charge in [-0.05, 0) is 43.3 Å². The van der Waals surface area contributed by atoms with Crippen LogP contribution in [0, 0.1) is 17.0 Å².